The number of hydrogen-bond donors (Lipinski definition) is 2. The zero-order valence-corrected chi connectivity index (χ0v) is 17.6. The van der Waals surface area contributed by atoms with Gasteiger partial charge in [0.15, 0.2) is 17.3 Å². The van der Waals surface area contributed by atoms with Gasteiger partial charge in [-0.25, -0.2) is 0 Å². The summed E-state index contributed by atoms with van der Waals surface area (Å²) in [7, 11) is 3.47. The van der Waals surface area contributed by atoms with E-state index in [9.17, 15) is 0 Å². The smallest absolute Gasteiger partial charge is 0.327 e. The lowest BCUT2D eigenvalue weighted by molar-refractivity contribution is 0.369. The number of anilines is 2. The summed E-state index contributed by atoms with van der Waals surface area (Å²) in [4.78, 5) is 15.0. The van der Waals surface area contributed by atoms with E-state index in [4.69, 9.17) is 30.9 Å². The second-order valence-corrected chi connectivity index (χ2v) is 6.95. The Balaban J connectivity index is 1.64. The number of ether oxygens (including phenoxy) is 3. The Bertz CT molecular complexity index is 1240. The standard InChI is InChI=1S/C22H21N7O3/c1-29-9-8-26-20(29)14-4-3-5-15(11-14)31-22-27-19(25)18(24)21(28-22)32-17-10-13(12-23)6-7-16(17)30-2/h3-7,10-11H,8-9,24H2,1-2H3,(H2,25,27,28). The molecule has 1 aliphatic heterocycles. The minimum absolute atomic E-state index is 0.00328. The van der Waals surface area contributed by atoms with E-state index in [0.717, 1.165) is 24.5 Å². The number of aromatic nitrogens is 2. The van der Waals surface area contributed by atoms with Crippen LogP contribution in [0.2, 0.25) is 0 Å². The fraction of sp³-hybridized carbons (Fsp3) is 0.182. The van der Waals surface area contributed by atoms with Crippen molar-refractivity contribution in [3.05, 3.63) is 53.6 Å². The molecule has 1 aromatic heterocycles. The molecule has 162 valence electrons. The summed E-state index contributed by atoms with van der Waals surface area (Å²) >= 11 is 0. The normalized spacial score (nSPS) is 12.8. The zero-order chi connectivity index (χ0) is 22.7. The molecule has 0 fully saturated rings. The molecule has 3 aromatic rings. The van der Waals surface area contributed by atoms with Crippen LogP contribution in [0.3, 0.4) is 0 Å². The molecule has 2 heterocycles. The Kier molecular flexibility index (Phi) is 5.63. The number of hydrogen-bond acceptors (Lipinski definition) is 10. The number of nitrogens with zero attached hydrogens (tertiary/aromatic N) is 5. The maximum atomic E-state index is 9.17. The lowest BCUT2D eigenvalue weighted by atomic mass is 10.2. The number of amidine groups is 1. The molecule has 0 saturated carbocycles. The molecule has 1 aliphatic rings. The van der Waals surface area contributed by atoms with Crippen molar-refractivity contribution in [1.29, 1.82) is 5.26 Å². The van der Waals surface area contributed by atoms with Gasteiger partial charge < -0.3 is 30.6 Å². The van der Waals surface area contributed by atoms with E-state index < -0.39 is 0 Å². The third kappa shape index (κ3) is 4.17. The van der Waals surface area contributed by atoms with Crippen LogP contribution in [-0.4, -0.2) is 48.0 Å². The molecule has 4 N–H and O–H groups in total. The van der Waals surface area contributed by atoms with Crippen LogP contribution in [0.1, 0.15) is 11.1 Å². The molecule has 0 unspecified atom stereocenters. The second kappa shape index (κ2) is 8.69. The van der Waals surface area contributed by atoms with Crippen LogP contribution < -0.4 is 25.7 Å². The van der Waals surface area contributed by atoms with Gasteiger partial charge in [-0.15, -0.1) is 0 Å². The Labute approximate surface area is 184 Å². The largest absolute Gasteiger partial charge is 0.493 e. The van der Waals surface area contributed by atoms with Gasteiger partial charge in [0.1, 0.15) is 17.3 Å². The van der Waals surface area contributed by atoms with Gasteiger partial charge in [-0.05, 0) is 24.3 Å². The van der Waals surface area contributed by atoms with Crippen LogP contribution in [0.25, 0.3) is 0 Å². The summed E-state index contributed by atoms with van der Waals surface area (Å²) in [6, 6.07) is 14.2. The van der Waals surface area contributed by atoms with E-state index in [1.807, 2.05) is 31.3 Å². The number of aliphatic imine (C=N–C) groups is 1. The summed E-state index contributed by atoms with van der Waals surface area (Å²) in [6.07, 6.45) is 0. The molecule has 0 saturated heterocycles. The summed E-state index contributed by atoms with van der Waals surface area (Å²) in [6.45, 7) is 1.63. The molecule has 4 rings (SSSR count). The minimum Gasteiger partial charge on any atom is -0.493 e. The summed E-state index contributed by atoms with van der Waals surface area (Å²) < 4.78 is 16.9. The monoisotopic (exact) mass is 431 g/mol. The number of nitrogens with two attached hydrogens (primary N) is 2. The molecule has 0 amide bonds. The maximum Gasteiger partial charge on any atom is 0.327 e. The maximum absolute atomic E-state index is 9.17. The molecule has 10 nitrogen and oxygen atoms in total. The van der Waals surface area contributed by atoms with Crippen molar-refractivity contribution in [2.75, 3.05) is 38.7 Å². The van der Waals surface area contributed by atoms with Gasteiger partial charge >= 0.3 is 6.01 Å². The highest BCUT2D eigenvalue weighted by atomic mass is 16.5. The Morgan fingerprint density at radius 3 is 2.62 bits per heavy atom. The van der Waals surface area contributed by atoms with Crippen LogP contribution in [0, 0.1) is 11.3 Å². The van der Waals surface area contributed by atoms with E-state index in [0.29, 0.717) is 17.1 Å². The first kappa shape index (κ1) is 20.7. The van der Waals surface area contributed by atoms with Crippen LogP contribution in [0.4, 0.5) is 11.5 Å². The van der Waals surface area contributed by atoms with Crippen molar-refractivity contribution in [2.45, 2.75) is 0 Å². The first-order valence-electron chi connectivity index (χ1n) is 9.71. The average molecular weight is 431 g/mol. The Morgan fingerprint density at radius 2 is 1.91 bits per heavy atom. The number of methoxy groups -OCH3 is 1. The van der Waals surface area contributed by atoms with Crippen molar-refractivity contribution in [3.63, 3.8) is 0 Å². The quantitative estimate of drug-likeness (QED) is 0.601. The van der Waals surface area contributed by atoms with Gasteiger partial charge in [0.25, 0.3) is 5.88 Å². The highest BCUT2D eigenvalue weighted by Crippen LogP contribution is 2.36. The van der Waals surface area contributed by atoms with Crippen LogP contribution >= 0.6 is 0 Å². The van der Waals surface area contributed by atoms with Crippen molar-refractivity contribution in [1.82, 2.24) is 14.9 Å². The molecule has 0 bridgehead atoms. The highest BCUT2D eigenvalue weighted by molar-refractivity contribution is 5.99. The predicted octanol–water partition coefficient (Wildman–Crippen LogP) is 2.80. The van der Waals surface area contributed by atoms with E-state index >= 15 is 0 Å². The predicted molar refractivity (Wildman–Crippen MR) is 119 cm³/mol. The topological polar surface area (TPSA) is 145 Å². The number of nitriles is 1. The zero-order valence-electron chi connectivity index (χ0n) is 17.6. The van der Waals surface area contributed by atoms with Crippen molar-refractivity contribution in [3.8, 4) is 35.2 Å². The molecular weight excluding hydrogens is 410 g/mol. The molecule has 0 aliphatic carbocycles. The first-order valence-corrected chi connectivity index (χ1v) is 9.71. The molecule has 0 atom stereocenters. The fourth-order valence-corrected chi connectivity index (χ4v) is 3.15. The van der Waals surface area contributed by atoms with Crippen molar-refractivity contribution in [2.24, 2.45) is 4.99 Å². The summed E-state index contributed by atoms with van der Waals surface area (Å²) in [5, 5.41) is 9.17. The minimum atomic E-state index is -0.0408. The van der Waals surface area contributed by atoms with Crippen LogP contribution in [0.5, 0.6) is 29.1 Å². The van der Waals surface area contributed by atoms with Crippen LogP contribution in [-0.2, 0) is 0 Å². The summed E-state index contributed by atoms with van der Waals surface area (Å²) in [5.74, 6) is 2.03. The Hall–Kier alpha value is -4.52. The summed E-state index contributed by atoms with van der Waals surface area (Å²) in [5.41, 5.74) is 13.3. The fourth-order valence-electron chi connectivity index (χ4n) is 3.15. The third-order valence-corrected chi connectivity index (χ3v) is 4.78. The molecule has 0 spiro atoms. The third-order valence-electron chi connectivity index (χ3n) is 4.78. The van der Waals surface area contributed by atoms with Gasteiger partial charge in [0.05, 0.1) is 25.3 Å². The lowest BCUT2D eigenvalue weighted by Gasteiger charge is -2.15. The first-order chi connectivity index (χ1) is 15.5. The molecule has 2 aromatic carbocycles. The van der Waals surface area contributed by atoms with Gasteiger partial charge in [0, 0.05) is 25.2 Å². The lowest BCUT2D eigenvalue weighted by Crippen LogP contribution is -2.23. The molecule has 0 radical (unpaired) electrons. The number of likely N-dealkylation sites (N-methyl/N-ethyl adjacent to an activating group) is 1. The molecule has 10 heteroatoms. The number of nitrogen functional groups attached to an aromatic ring is 2. The number of benzene rings is 2. The number of rotatable bonds is 6. The molecule has 32 heavy (non-hydrogen) atoms. The van der Waals surface area contributed by atoms with Gasteiger partial charge in [-0.2, -0.15) is 15.2 Å². The van der Waals surface area contributed by atoms with E-state index in [-0.39, 0.29) is 29.1 Å². The van der Waals surface area contributed by atoms with E-state index in [2.05, 4.69) is 19.9 Å². The highest BCUT2D eigenvalue weighted by Gasteiger charge is 2.18. The van der Waals surface area contributed by atoms with Gasteiger partial charge in [0.2, 0.25) is 0 Å². The van der Waals surface area contributed by atoms with Crippen molar-refractivity contribution >= 4 is 17.3 Å². The van der Waals surface area contributed by atoms with Crippen molar-refractivity contribution < 1.29 is 14.2 Å². The average Bonchev–Trinajstić information content (AvgIpc) is 3.23. The Morgan fingerprint density at radius 1 is 1.06 bits per heavy atom. The van der Waals surface area contributed by atoms with Crippen LogP contribution in [0.15, 0.2) is 47.5 Å². The molecular formula is C22H21N7O3. The van der Waals surface area contributed by atoms with Gasteiger partial charge in [-0.1, -0.05) is 12.1 Å². The van der Waals surface area contributed by atoms with E-state index in [1.54, 1.807) is 18.2 Å². The van der Waals surface area contributed by atoms with E-state index in [1.165, 1.54) is 13.2 Å². The van der Waals surface area contributed by atoms with Gasteiger partial charge in [-0.3, -0.25) is 4.99 Å². The second-order valence-electron chi connectivity index (χ2n) is 6.95. The SMILES string of the molecule is COc1ccc(C#N)cc1Oc1nc(Oc2cccc(C3=NCCN3C)c2)nc(N)c1N.